The molecule has 1 aliphatic heterocycles. The minimum absolute atomic E-state index is 0.103. The number of fused-ring (bicyclic) bond motifs is 1. The van der Waals surface area contributed by atoms with E-state index < -0.39 is 6.43 Å². The van der Waals surface area contributed by atoms with Crippen LogP contribution >= 0.6 is 0 Å². The summed E-state index contributed by atoms with van der Waals surface area (Å²) in [4.78, 5) is 1.84. The summed E-state index contributed by atoms with van der Waals surface area (Å²) in [5, 5.41) is 0. The molecule has 1 heterocycles. The van der Waals surface area contributed by atoms with Crippen LogP contribution in [0, 0.1) is 0 Å². The molecule has 15 heavy (non-hydrogen) atoms. The maximum absolute atomic E-state index is 12.3. The highest BCUT2D eigenvalue weighted by Crippen LogP contribution is 2.18. The molecule has 1 nitrogen and oxygen atoms in total. The lowest BCUT2D eigenvalue weighted by molar-refractivity contribution is 0.0855. The SMILES string of the molecule is FC(F)CN1CCCc2ccccc2C1. The van der Waals surface area contributed by atoms with Crippen molar-refractivity contribution in [1.29, 1.82) is 0 Å². The number of hydrogen-bond acceptors (Lipinski definition) is 1. The molecule has 0 amide bonds. The van der Waals surface area contributed by atoms with E-state index in [4.69, 9.17) is 0 Å². The normalized spacial score (nSPS) is 17.5. The van der Waals surface area contributed by atoms with Crippen LogP contribution in [0.5, 0.6) is 0 Å². The minimum atomic E-state index is -2.23. The first kappa shape index (κ1) is 10.6. The van der Waals surface area contributed by atoms with Gasteiger partial charge in [0.15, 0.2) is 0 Å². The van der Waals surface area contributed by atoms with Crippen LogP contribution in [0.1, 0.15) is 17.5 Å². The third kappa shape index (κ3) is 2.75. The second kappa shape index (κ2) is 4.71. The molecule has 82 valence electrons. The fraction of sp³-hybridized carbons (Fsp3) is 0.500. The molecule has 2 rings (SSSR count). The third-order valence-corrected chi connectivity index (χ3v) is 2.83. The monoisotopic (exact) mass is 211 g/mol. The van der Waals surface area contributed by atoms with E-state index in [9.17, 15) is 8.78 Å². The predicted molar refractivity (Wildman–Crippen MR) is 56.0 cm³/mol. The van der Waals surface area contributed by atoms with Crippen molar-refractivity contribution >= 4 is 0 Å². The summed E-state index contributed by atoms with van der Waals surface area (Å²) in [5.74, 6) is 0. The molecular weight excluding hydrogens is 196 g/mol. The number of nitrogens with zero attached hydrogens (tertiary/aromatic N) is 1. The summed E-state index contributed by atoms with van der Waals surface area (Å²) in [6, 6.07) is 8.13. The van der Waals surface area contributed by atoms with Crippen LogP contribution in [0.25, 0.3) is 0 Å². The van der Waals surface area contributed by atoms with Gasteiger partial charge in [-0.15, -0.1) is 0 Å². The molecule has 0 spiro atoms. The summed E-state index contributed by atoms with van der Waals surface area (Å²) in [6.07, 6.45) is -0.241. The smallest absolute Gasteiger partial charge is 0.251 e. The zero-order chi connectivity index (χ0) is 10.7. The van der Waals surface area contributed by atoms with E-state index in [0.717, 1.165) is 19.4 Å². The van der Waals surface area contributed by atoms with E-state index in [1.165, 1.54) is 11.1 Å². The van der Waals surface area contributed by atoms with Gasteiger partial charge < -0.3 is 0 Å². The van der Waals surface area contributed by atoms with Gasteiger partial charge in [0.2, 0.25) is 0 Å². The Morgan fingerprint density at radius 2 is 1.93 bits per heavy atom. The van der Waals surface area contributed by atoms with Crippen molar-refractivity contribution in [3.05, 3.63) is 35.4 Å². The van der Waals surface area contributed by atoms with Gasteiger partial charge in [0.05, 0.1) is 6.54 Å². The Morgan fingerprint density at radius 1 is 1.20 bits per heavy atom. The van der Waals surface area contributed by atoms with Crippen molar-refractivity contribution in [3.63, 3.8) is 0 Å². The number of rotatable bonds is 2. The van der Waals surface area contributed by atoms with E-state index in [0.29, 0.717) is 6.54 Å². The van der Waals surface area contributed by atoms with E-state index in [1.807, 2.05) is 23.1 Å². The topological polar surface area (TPSA) is 3.24 Å². The molecule has 0 atom stereocenters. The third-order valence-electron chi connectivity index (χ3n) is 2.83. The Labute approximate surface area is 88.7 Å². The maximum atomic E-state index is 12.3. The van der Waals surface area contributed by atoms with Crippen molar-refractivity contribution in [3.8, 4) is 0 Å². The van der Waals surface area contributed by atoms with Gasteiger partial charge in [0, 0.05) is 6.54 Å². The van der Waals surface area contributed by atoms with E-state index in [2.05, 4.69) is 6.07 Å². The number of hydrogen-bond donors (Lipinski definition) is 0. The molecule has 1 aliphatic rings. The van der Waals surface area contributed by atoms with Crippen LogP contribution in [0.15, 0.2) is 24.3 Å². The minimum Gasteiger partial charge on any atom is -0.293 e. The summed E-state index contributed by atoms with van der Waals surface area (Å²) in [6.45, 7) is 1.34. The molecule has 0 fully saturated rings. The van der Waals surface area contributed by atoms with Gasteiger partial charge in [-0.2, -0.15) is 0 Å². The largest absolute Gasteiger partial charge is 0.293 e. The van der Waals surface area contributed by atoms with Crippen LogP contribution < -0.4 is 0 Å². The second-order valence-electron chi connectivity index (χ2n) is 4.00. The zero-order valence-electron chi connectivity index (χ0n) is 8.63. The molecular formula is C12H15F2N. The fourth-order valence-electron chi connectivity index (χ4n) is 2.12. The van der Waals surface area contributed by atoms with Crippen LogP contribution in [-0.2, 0) is 13.0 Å². The van der Waals surface area contributed by atoms with E-state index >= 15 is 0 Å². The molecule has 1 aromatic rings. The van der Waals surface area contributed by atoms with Gasteiger partial charge >= 0.3 is 0 Å². The van der Waals surface area contributed by atoms with Crippen molar-refractivity contribution in [2.75, 3.05) is 13.1 Å². The molecule has 0 aliphatic carbocycles. The number of alkyl halides is 2. The van der Waals surface area contributed by atoms with Gasteiger partial charge in [-0.05, 0) is 30.5 Å². The molecule has 0 unspecified atom stereocenters. The first-order chi connectivity index (χ1) is 7.25. The molecule has 3 heteroatoms. The molecule has 1 aromatic carbocycles. The van der Waals surface area contributed by atoms with Gasteiger partial charge in [0.1, 0.15) is 0 Å². The lowest BCUT2D eigenvalue weighted by atomic mass is 10.0. The van der Waals surface area contributed by atoms with Crippen molar-refractivity contribution in [2.45, 2.75) is 25.8 Å². The Hall–Kier alpha value is -0.960. The zero-order valence-corrected chi connectivity index (χ0v) is 8.63. The average molecular weight is 211 g/mol. The van der Waals surface area contributed by atoms with Crippen LogP contribution in [0.4, 0.5) is 8.78 Å². The van der Waals surface area contributed by atoms with Crippen LogP contribution in [-0.4, -0.2) is 24.4 Å². The van der Waals surface area contributed by atoms with E-state index in [1.54, 1.807) is 0 Å². The molecule has 0 N–H and O–H groups in total. The lowest BCUT2D eigenvalue weighted by Crippen LogP contribution is -2.28. The van der Waals surface area contributed by atoms with Gasteiger partial charge in [-0.25, -0.2) is 8.78 Å². The van der Waals surface area contributed by atoms with Gasteiger partial charge in [0.25, 0.3) is 6.43 Å². The van der Waals surface area contributed by atoms with Gasteiger partial charge in [-0.1, -0.05) is 24.3 Å². The highest BCUT2D eigenvalue weighted by Gasteiger charge is 2.16. The number of halogens is 2. The number of aryl methyl sites for hydroxylation is 1. The molecule has 0 saturated carbocycles. The molecule has 0 saturated heterocycles. The van der Waals surface area contributed by atoms with Gasteiger partial charge in [-0.3, -0.25) is 4.90 Å². The van der Waals surface area contributed by atoms with Crippen molar-refractivity contribution in [2.24, 2.45) is 0 Å². The first-order valence-electron chi connectivity index (χ1n) is 5.33. The fourth-order valence-corrected chi connectivity index (χ4v) is 2.12. The van der Waals surface area contributed by atoms with Crippen LogP contribution in [0.2, 0.25) is 0 Å². The maximum Gasteiger partial charge on any atom is 0.251 e. The second-order valence-corrected chi connectivity index (χ2v) is 4.00. The highest BCUT2D eigenvalue weighted by molar-refractivity contribution is 5.27. The standard InChI is InChI=1S/C12H15F2N/c13-12(14)9-15-7-3-6-10-4-1-2-5-11(10)8-15/h1-2,4-5,12H,3,6-9H2. The number of benzene rings is 1. The summed E-state index contributed by atoms with van der Waals surface area (Å²) < 4.78 is 24.6. The van der Waals surface area contributed by atoms with Crippen molar-refractivity contribution < 1.29 is 8.78 Å². The van der Waals surface area contributed by atoms with Crippen LogP contribution in [0.3, 0.4) is 0 Å². The summed E-state index contributed by atoms with van der Waals surface area (Å²) in [5.41, 5.74) is 2.52. The Bertz CT molecular complexity index is 325. The average Bonchev–Trinajstić information content (AvgIpc) is 2.38. The predicted octanol–water partition coefficient (Wildman–Crippen LogP) is 2.70. The highest BCUT2D eigenvalue weighted by atomic mass is 19.3. The Morgan fingerprint density at radius 3 is 2.67 bits per heavy atom. The molecule has 0 bridgehead atoms. The first-order valence-corrected chi connectivity index (χ1v) is 5.33. The summed E-state index contributed by atoms with van der Waals surface area (Å²) in [7, 11) is 0. The Kier molecular flexibility index (Phi) is 3.31. The quantitative estimate of drug-likeness (QED) is 0.727. The van der Waals surface area contributed by atoms with Crippen molar-refractivity contribution in [1.82, 2.24) is 4.90 Å². The van der Waals surface area contributed by atoms with E-state index in [-0.39, 0.29) is 6.54 Å². The lowest BCUT2D eigenvalue weighted by Gasteiger charge is -2.19. The molecule has 0 aromatic heterocycles. The Balaban J connectivity index is 2.10. The summed E-state index contributed by atoms with van der Waals surface area (Å²) >= 11 is 0. The molecule has 0 radical (unpaired) electrons.